The number of amides is 2. The molecule has 3 rings (SSSR count). The summed E-state index contributed by atoms with van der Waals surface area (Å²) in [4.78, 5) is 57.3. The highest BCUT2D eigenvalue weighted by Gasteiger charge is 2.44. The van der Waals surface area contributed by atoms with E-state index in [1.54, 1.807) is 0 Å². The summed E-state index contributed by atoms with van der Waals surface area (Å²) in [5.74, 6) is -3.93. The van der Waals surface area contributed by atoms with Gasteiger partial charge in [0, 0.05) is 18.8 Å². The number of hydrogen-bond donors (Lipinski definition) is 3. The topological polar surface area (TPSA) is 157 Å². The van der Waals surface area contributed by atoms with Crippen LogP contribution in [0.3, 0.4) is 0 Å². The van der Waals surface area contributed by atoms with Crippen LogP contribution in [0.25, 0.3) is 0 Å². The molecule has 1 aromatic heterocycles. The minimum atomic E-state index is -1.37. The van der Waals surface area contributed by atoms with E-state index in [1.807, 2.05) is 44.2 Å². The Hall–Kier alpha value is -3.80. The largest absolute Gasteiger partial charge is 0.551 e. The first kappa shape index (κ1) is 25.8. The second-order valence-corrected chi connectivity index (χ2v) is 8.58. The third-order valence-corrected chi connectivity index (χ3v) is 5.26. The number of hydrogen-bond acceptors (Lipinski definition) is 8. The minimum absolute atomic E-state index is 0.0472. The molecule has 0 radical (unpaired) electrons. The molecule has 1 aliphatic heterocycles. The van der Waals surface area contributed by atoms with Crippen LogP contribution < -0.4 is 10.6 Å². The van der Waals surface area contributed by atoms with Crippen molar-refractivity contribution in [3.05, 3.63) is 60.2 Å². The van der Waals surface area contributed by atoms with Crippen LogP contribution >= 0.6 is 0 Å². The lowest BCUT2D eigenvalue weighted by molar-refractivity contribution is -0.157. The number of nitrogens with zero attached hydrogens (tertiary/aromatic N) is 2. The van der Waals surface area contributed by atoms with Crippen molar-refractivity contribution >= 4 is 30.9 Å². The van der Waals surface area contributed by atoms with Gasteiger partial charge in [0.2, 0.25) is 5.91 Å². The van der Waals surface area contributed by atoms with Gasteiger partial charge in [-0.15, -0.1) is 0 Å². The van der Waals surface area contributed by atoms with Crippen LogP contribution in [-0.2, 0) is 30.1 Å². The second-order valence-electron chi connectivity index (χ2n) is 8.58. The van der Waals surface area contributed by atoms with E-state index in [9.17, 15) is 24.3 Å². The predicted molar refractivity (Wildman–Crippen MR) is 124 cm³/mol. The van der Waals surface area contributed by atoms with Crippen LogP contribution in [0.4, 0.5) is 0 Å². The molecule has 0 unspecified atom stereocenters. The quantitative estimate of drug-likeness (QED) is 0.417. The van der Waals surface area contributed by atoms with Gasteiger partial charge in [0.15, 0.2) is 6.10 Å². The Morgan fingerprint density at radius 1 is 1.17 bits per heavy atom. The standard InChI is InChI=1S/C23H27BN4O7/c1-14(2)10-19(24-34-18(23(32)33)12-20(29)35-24)28-21(30)16(11-15-6-4-3-5-7-15)27-22(31)17-13-25-8-9-26-17/h3-9,13-14,16,18-19H,10-12H2,1-2H3,(H,27,31)(H,28,30)(H,32,33)/t16-,18+,19-/m0/s1. The SMILES string of the molecule is CC(C)C[C@H](NC(=O)[C@H](Cc1ccccc1)NC(=O)c1cnccn1)B1OC(=O)C[C@H](C(=O)O)O1. The first-order valence-corrected chi connectivity index (χ1v) is 11.2. The van der Waals surface area contributed by atoms with Crippen LogP contribution in [0.15, 0.2) is 48.9 Å². The van der Waals surface area contributed by atoms with Gasteiger partial charge in [-0.25, -0.2) is 9.78 Å². The fraction of sp³-hybridized carbons (Fsp3) is 0.391. The fourth-order valence-corrected chi connectivity index (χ4v) is 3.63. The molecule has 2 amide bonds. The summed E-state index contributed by atoms with van der Waals surface area (Å²) in [7, 11) is -1.28. The molecule has 11 nitrogen and oxygen atoms in total. The molecule has 0 spiro atoms. The highest BCUT2D eigenvalue weighted by molar-refractivity contribution is 6.50. The zero-order valence-electron chi connectivity index (χ0n) is 19.4. The number of nitrogens with one attached hydrogen (secondary N) is 2. The molecule has 1 saturated heterocycles. The first-order valence-electron chi connectivity index (χ1n) is 11.2. The van der Waals surface area contributed by atoms with Crippen molar-refractivity contribution in [2.45, 2.75) is 51.2 Å². The van der Waals surface area contributed by atoms with Crippen molar-refractivity contribution in [2.75, 3.05) is 0 Å². The van der Waals surface area contributed by atoms with Gasteiger partial charge in [0.25, 0.3) is 11.9 Å². The number of carbonyl (C=O) groups excluding carboxylic acids is 3. The van der Waals surface area contributed by atoms with Crippen molar-refractivity contribution in [1.29, 1.82) is 0 Å². The van der Waals surface area contributed by atoms with E-state index in [-0.39, 0.29) is 18.0 Å². The van der Waals surface area contributed by atoms with Crippen molar-refractivity contribution in [3.8, 4) is 0 Å². The molecule has 1 fully saturated rings. The summed E-state index contributed by atoms with van der Waals surface area (Å²) in [6, 6.07) is 8.11. The zero-order valence-corrected chi connectivity index (χ0v) is 19.4. The average Bonchev–Trinajstić information content (AvgIpc) is 2.83. The third kappa shape index (κ3) is 7.61. The maximum Gasteiger partial charge on any atom is 0.551 e. The highest BCUT2D eigenvalue weighted by atomic mass is 16.6. The van der Waals surface area contributed by atoms with E-state index in [2.05, 4.69) is 20.6 Å². The lowest BCUT2D eigenvalue weighted by Crippen LogP contribution is -2.59. The molecule has 0 saturated carbocycles. The lowest BCUT2D eigenvalue weighted by Gasteiger charge is -2.31. The van der Waals surface area contributed by atoms with Crippen molar-refractivity contribution < 1.29 is 33.6 Å². The average molecular weight is 482 g/mol. The Bertz CT molecular complexity index is 1040. The fourth-order valence-electron chi connectivity index (χ4n) is 3.63. The Morgan fingerprint density at radius 2 is 1.91 bits per heavy atom. The monoisotopic (exact) mass is 482 g/mol. The molecule has 35 heavy (non-hydrogen) atoms. The van der Waals surface area contributed by atoms with Crippen LogP contribution in [-0.4, -0.2) is 64.0 Å². The Labute approximate surface area is 202 Å². The van der Waals surface area contributed by atoms with Crippen molar-refractivity contribution in [3.63, 3.8) is 0 Å². The summed E-state index contributed by atoms with van der Waals surface area (Å²) < 4.78 is 10.7. The Balaban J connectivity index is 1.80. The van der Waals surface area contributed by atoms with Crippen LogP contribution in [0.1, 0.15) is 42.7 Å². The molecule has 2 heterocycles. The van der Waals surface area contributed by atoms with Gasteiger partial charge in [-0.2, -0.15) is 0 Å². The van der Waals surface area contributed by atoms with E-state index in [4.69, 9.17) is 9.31 Å². The zero-order chi connectivity index (χ0) is 25.4. The summed E-state index contributed by atoms with van der Waals surface area (Å²) in [6.07, 6.45) is 2.81. The van der Waals surface area contributed by atoms with Gasteiger partial charge in [0.05, 0.1) is 18.6 Å². The summed E-state index contributed by atoms with van der Waals surface area (Å²) in [5, 5.41) is 14.8. The highest BCUT2D eigenvalue weighted by Crippen LogP contribution is 2.18. The van der Waals surface area contributed by atoms with Crippen LogP contribution in [0, 0.1) is 5.92 Å². The lowest BCUT2D eigenvalue weighted by atomic mass is 9.72. The second kappa shape index (κ2) is 12.1. The normalized spacial score (nSPS) is 17.3. The van der Waals surface area contributed by atoms with Crippen molar-refractivity contribution in [2.24, 2.45) is 5.92 Å². The van der Waals surface area contributed by atoms with Gasteiger partial charge in [-0.3, -0.25) is 19.4 Å². The molecule has 3 N–H and O–H groups in total. The van der Waals surface area contributed by atoms with Gasteiger partial charge in [-0.05, 0) is 17.9 Å². The first-order chi connectivity index (χ1) is 16.7. The number of carbonyl (C=O) groups is 4. The van der Waals surface area contributed by atoms with Crippen molar-refractivity contribution in [1.82, 2.24) is 20.6 Å². The van der Waals surface area contributed by atoms with Crippen LogP contribution in [0.2, 0.25) is 0 Å². The molecule has 2 aromatic rings. The molecule has 3 atom stereocenters. The summed E-state index contributed by atoms with van der Waals surface area (Å²) in [5.41, 5.74) is 0.852. The van der Waals surface area contributed by atoms with Gasteiger partial charge in [0.1, 0.15) is 11.7 Å². The number of benzene rings is 1. The maximum absolute atomic E-state index is 13.4. The summed E-state index contributed by atoms with van der Waals surface area (Å²) in [6.45, 7) is 3.80. The van der Waals surface area contributed by atoms with Gasteiger partial charge >= 0.3 is 13.1 Å². The smallest absolute Gasteiger partial charge is 0.508 e. The molecular weight excluding hydrogens is 455 g/mol. The van der Waals surface area contributed by atoms with E-state index in [0.29, 0.717) is 6.42 Å². The Morgan fingerprint density at radius 3 is 2.54 bits per heavy atom. The molecule has 0 bridgehead atoms. The molecule has 184 valence electrons. The molecule has 1 aromatic carbocycles. The number of rotatable bonds is 10. The van der Waals surface area contributed by atoms with E-state index in [0.717, 1.165) is 5.56 Å². The molecule has 1 aliphatic rings. The van der Waals surface area contributed by atoms with E-state index >= 15 is 0 Å². The Kier molecular flexibility index (Phi) is 8.90. The van der Waals surface area contributed by atoms with E-state index in [1.165, 1.54) is 18.6 Å². The van der Waals surface area contributed by atoms with Gasteiger partial charge in [-0.1, -0.05) is 44.2 Å². The van der Waals surface area contributed by atoms with Gasteiger partial charge < -0.3 is 25.0 Å². The molecule has 12 heteroatoms. The molecular formula is C23H27BN4O7. The van der Waals surface area contributed by atoms with E-state index < -0.39 is 55.4 Å². The molecule has 0 aliphatic carbocycles. The number of carboxylic acids is 1. The minimum Gasteiger partial charge on any atom is -0.508 e. The third-order valence-electron chi connectivity index (χ3n) is 5.26. The van der Waals surface area contributed by atoms with Crippen LogP contribution in [0.5, 0.6) is 0 Å². The number of aliphatic carboxylic acids is 1. The number of aromatic nitrogens is 2. The summed E-state index contributed by atoms with van der Waals surface area (Å²) >= 11 is 0. The predicted octanol–water partition coefficient (Wildman–Crippen LogP) is 0.793. The number of carboxylic acid groups (broad SMARTS) is 1. The maximum atomic E-state index is 13.4.